The van der Waals surface area contributed by atoms with E-state index in [1.165, 1.54) is 0 Å². The number of carbonyl (C=O) groups is 2. The Morgan fingerprint density at radius 3 is 2.91 bits per heavy atom. The van der Waals surface area contributed by atoms with Crippen LogP contribution in [-0.4, -0.2) is 42.3 Å². The molecule has 0 spiro atoms. The minimum absolute atomic E-state index is 0.0154. The molecule has 11 heavy (non-hydrogen) atoms. The molecular weight excluding hydrogens is 144 g/mol. The summed E-state index contributed by atoms with van der Waals surface area (Å²) in [5, 5.41) is 2.69. The molecule has 3 heterocycles. The average Bonchev–Trinajstić information content (AvgIpc) is 2.16. The molecule has 3 aliphatic heterocycles. The zero-order chi connectivity index (χ0) is 7.84. The maximum atomic E-state index is 11.2. The molecule has 4 heteroatoms. The lowest BCUT2D eigenvalue weighted by Gasteiger charge is -2.23. The van der Waals surface area contributed by atoms with E-state index in [4.69, 9.17) is 0 Å². The number of nitrogens with zero attached hydrogens (tertiary/aromatic N) is 1. The first-order valence-corrected chi connectivity index (χ1v) is 3.80. The lowest BCUT2D eigenvalue weighted by Crippen LogP contribution is -2.44. The average molecular weight is 154 g/mol. The highest BCUT2D eigenvalue weighted by Crippen LogP contribution is 2.10. The van der Waals surface area contributed by atoms with Crippen LogP contribution in [0, 0.1) is 0 Å². The number of fused-ring (bicyclic) bond motifs is 4. The Labute approximate surface area is 64.5 Å². The molecule has 2 atom stereocenters. The van der Waals surface area contributed by atoms with Crippen LogP contribution in [0.5, 0.6) is 0 Å². The van der Waals surface area contributed by atoms with E-state index in [0.29, 0.717) is 13.1 Å². The van der Waals surface area contributed by atoms with Crippen LogP contribution in [0.1, 0.15) is 6.42 Å². The van der Waals surface area contributed by atoms with Crippen LogP contribution in [-0.2, 0) is 9.59 Å². The van der Waals surface area contributed by atoms with Gasteiger partial charge in [0.2, 0.25) is 5.91 Å². The quantitative estimate of drug-likeness (QED) is 0.475. The summed E-state index contributed by atoms with van der Waals surface area (Å²) < 4.78 is 0. The van der Waals surface area contributed by atoms with E-state index >= 15 is 0 Å². The number of Topliss-reactive ketones (excluding diaryl/α,β-unsaturated/α-hetero) is 1. The molecule has 3 aliphatic rings. The summed E-state index contributed by atoms with van der Waals surface area (Å²) in [5.41, 5.74) is 0. The number of carbonyl (C=O) groups excluding carboxylic acids is 2. The van der Waals surface area contributed by atoms with Gasteiger partial charge in [-0.05, 0) is 6.42 Å². The zero-order valence-corrected chi connectivity index (χ0v) is 6.17. The standard InChI is InChI=1S/C7H10N2O2/c10-6-3-9-2-1-5(6)8-7(11)4-9/h5H,1-4H2,(H,8,11). The van der Waals surface area contributed by atoms with Gasteiger partial charge in [0, 0.05) is 6.54 Å². The topological polar surface area (TPSA) is 49.4 Å². The fourth-order valence-corrected chi connectivity index (χ4v) is 1.61. The number of ketones is 1. The Bertz CT molecular complexity index is 212. The van der Waals surface area contributed by atoms with E-state index < -0.39 is 0 Å². The van der Waals surface area contributed by atoms with E-state index in [0.717, 1.165) is 13.0 Å². The van der Waals surface area contributed by atoms with Crippen molar-refractivity contribution in [3.05, 3.63) is 0 Å². The first-order chi connectivity index (χ1) is 5.25. The molecule has 3 rings (SSSR count). The molecular formula is C7H10N2O2. The molecule has 1 N–H and O–H groups in total. The molecule has 0 radical (unpaired) electrons. The summed E-state index contributed by atoms with van der Waals surface area (Å²) in [7, 11) is 0. The van der Waals surface area contributed by atoms with Gasteiger partial charge < -0.3 is 5.32 Å². The van der Waals surface area contributed by atoms with Crippen LogP contribution >= 0.6 is 0 Å². The lowest BCUT2D eigenvalue weighted by molar-refractivity contribution is -0.125. The lowest BCUT2D eigenvalue weighted by atomic mass is 10.1. The van der Waals surface area contributed by atoms with Gasteiger partial charge in [0.25, 0.3) is 0 Å². The van der Waals surface area contributed by atoms with E-state index in [2.05, 4.69) is 5.32 Å². The van der Waals surface area contributed by atoms with Crippen molar-refractivity contribution in [2.24, 2.45) is 0 Å². The van der Waals surface area contributed by atoms with Crippen LogP contribution < -0.4 is 5.32 Å². The van der Waals surface area contributed by atoms with Crippen molar-refractivity contribution >= 4 is 11.7 Å². The van der Waals surface area contributed by atoms with Crippen LogP contribution in [0.4, 0.5) is 0 Å². The highest BCUT2D eigenvalue weighted by Gasteiger charge is 2.32. The van der Waals surface area contributed by atoms with Gasteiger partial charge in [-0.2, -0.15) is 0 Å². The van der Waals surface area contributed by atoms with Crippen LogP contribution in [0.2, 0.25) is 0 Å². The third kappa shape index (κ3) is 1.14. The maximum Gasteiger partial charge on any atom is 0.234 e. The molecule has 0 saturated carbocycles. The van der Waals surface area contributed by atoms with Gasteiger partial charge in [-0.15, -0.1) is 0 Å². The molecule has 2 unspecified atom stereocenters. The predicted octanol–water partition coefficient (Wildman–Crippen LogP) is -1.24. The number of hydrogen-bond acceptors (Lipinski definition) is 3. The molecule has 1 amide bonds. The molecule has 2 bridgehead atoms. The highest BCUT2D eigenvalue weighted by atomic mass is 16.2. The molecule has 4 nitrogen and oxygen atoms in total. The monoisotopic (exact) mass is 154 g/mol. The van der Waals surface area contributed by atoms with Crippen LogP contribution in [0.25, 0.3) is 0 Å². The Kier molecular flexibility index (Phi) is 1.42. The van der Waals surface area contributed by atoms with E-state index in [-0.39, 0.29) is 17.7 Å². The Morgan fingerprint density at radius 1 is 1.36 bits per heavy atom. The summed E-state index contributed by atoms with van der Waals surface area (Å²) in [5.74, 6) is 0.139. The summed E-state index contributed by atoms with van der Waals surface area (Å²) in [6.45, 7) is 1.71. The van der Waals surface area contributed by atoms with Crippen molar-refractivity contribution in [2.75, 3.05) is 19.6 Å². The number of hydrogen-bond donors (Lipinski definition) is 1. The van der Waals surface area contributed by atoms with Crippen molar-refractivity contribution in [1.29, 1.82) is 0 Å². The van der Waals surface area contributed by atoms with Gasteiger partial charge in [0.1, 0.15) is 0 Å². The molecule has 3 fully saturated rings. The summed E-state index contributed by atoms with van der Waals surface area (Å²) in [6.07, 6.45) is 0.782. The largest absolute Gasteiger partial charge is 0.345 e. The van der Waals surface area contributed by atoms with E-state index in [9.17, 15) is 9.59 Å². The van der Waals surface area contributed by atoms with Gasteiger partial charge in [-0.25, -0.2) is 0 Å². The normalized spacial score (nSPS) is 36.7. The van der Waals surface area contributed by atoms with Gasteiger partial charge >= 0.3 is 0 Å². The summed E-state index contributed by atoms with van der Waals surface area (Å²) >= 11 is 0. The molecule has 0 aromatic rings. The molecule has 0 aromatic carbocycles. The second kappa shape index (κ2) is 2.30. The smallest absolute Gasteiger partial charge is 0.234 e. The molecule has 3 saturated heterocycles. The van der Waals surface area contributed by atoms with Crippen LogP contribution in [0.3, 0.4) is 0 Å². The highest BCUT2D eigenvalue weighted by molar-refractivity contribution is 5.93. The third-order valence-electron chi connectivity index (χ3n) is 2.20. The van der Waals surface area contributed by atoms with Crippen molar-refractivity contribution in [3.63, 3.8) is 0 Å². The van der Waals surface area contributed by atoms with Gasteiger partial charge in [0.05, 0.1) is 19.1 Å². The molecule has 0 aliphatic carbocycles. The van der Waals surface area contributed by atoms with Gasteiger partial charge in [-0.1, -0.05) is 0 Å². The van der Waals surface area contributed by atoms with Gasteiger partial charge in [-0.3, -0.25) is 14.5 Å². The molecule has 0 aromatic heterocycles. The first-order valence-electron chi connectivity index (χ1n) is 3.80. The number of nitrogens with one attached hydrogen (secondary N) is 1. The SMILES string of the molecule is O=C1CN2CCC(N1)C(=O)C2. The third-order valence-corrected chi connectivity index (χ3v) is 2.20. The minimum Gasteiger partial charge on any atom is -0.345 e. The van der Waals surface area contributed by atoms with Crippen molar-refractivity contribution in [2.45, 2.75) is 12.5 Å². The zero-order valence-electron chi connectivity index (χ0n) is 6.17. The predicted molar refractivity (Wildman–Crippen MR) is 38.0 cm³/mol. The van der Waals surface area contributed by atoms with Gasteiger partial charge in [0.15, 0.2) is 5.78 Å². The number of piperidine rings is 1. The summed E-state index contributed by atoms with van der Waals surface area (Å²) in [6, 6.07) is -0.193. The first kappa shape index (κ1) is 6.79. The van der Waals surface area contributed by atoms with Crippen molar-refractivity contribution in [3.8, 4) is 0 Å². The Hall–Kier alpha value is -0.900. The Morgan fingerprint density at radius 2 is 2.18 bits per heavy atom. The number of amides is 1. The van der Waals surface area contributed by atoms with E-state index in [1.54, 1.807) is 0 Å². The van der Waals surface area contributed by atoms with E-state index in [1.807, 2.05) is 4.90 Å². The van der Waals surface area contributed by atoms with Crippen molar-refractivity contribution < 1.29 is 9.59 Å². The summed E-state index contributed by atoms with van der Waals surface area (Å²) in [4.78, 5) is 24.0. The number of rotatable bonds is 0. The molecule has 60 valence electrons. The maximum absolute atomic E-state index is 11.2. The minimum atomic E-state index is -0.193. The fourth-order valence-electron chi connectivity index (χ4n) is 1.61. The second-order valence-electron chi connectivity index (χ2n) is 3.09. The Balaban J connectivity index is 2.22. The fraction of sp³-hybridized carbons (Fsp3) is 0.714. The second-order valence-corrected chi connectivity index (χ2v) is 3.09. The van der Waals surface area contributed by atoms with Crippen LogP contribution in [0.15, 0.2) is 0 Å². The van der Waals surface area contributed by atoms with Crippen molar-refractivity contribution in [1.82, 2.24) is 10.2 Å².